The Morgan fingerprint density at radius 3 is 2.64 bits per heavy atom. The molecule has 0 radical (unpaired) electrons. The molecule has 0 unspecified atom stereocenters. The maximum atomic E-state index is 13.4. The van der Waals surface area contributed by atoms with E-state index >= 15 is 0 Å². The number of imidazole rings is 1. The molecule has 0 spiro atoms. The molecule has 0 saturated carbocycles. The van der Waals surface area contributed by atoms with Crippen molar-refractivity contribution in [2.24, 2.45) is 7.05 Å². The Labute approximate surface area is 188 Å². The van der Waals surface area contributed by atoms with Crippen molar-refractivity contribution in [1.29, 1.82) is 0 Å². The van der Waals surface area contributed by atoms with Gasteiger partial charge in [-0.2, -0.15) is 4.39 Å². The smallest absolute Gasteiger partial charge is 0.257 e. The number of piperazine rings is 1. The SMILES string of the molecule is C[C@H]1CN(c2cc(F)ncn2)CCN1c1ncc(NC(=O)c2cnc3c(c2)ncn3C)cn1. The van der Waals surface area contributed by atoms with E-state index < -0.39 is 5.95 Å². The largest absolute Gasteiger partial charge is 0.353 e. The summed E-state index contributed by atoms with van der Waals surface area (Å²) in [6.07, 6.45) is 7.54. The number of halogens is 1. The molecule has 0 aromatic carbocycles. The van der Waals surface area contributed by atoms with Crippen molar-refractivity contribution in [3.63, 3.8) is 0 Å². The number of amides is 1. The minimum Gasteiger partial charge on any atom is -0.353 e. The van der Waals surface area contributed by atoms with Crippen LogP contribution in [0.4, 0.5) is 21.8 Å². The zero-order valence-electron chi connectivity index (χ0n) is 18.1. The van der Waals surface area contributed by atoms with Gasteiger partial charge in [-0.3, -0.25) is 4.79 Å². The number of hydrogen-bond donors (Lipinski definition) is 1. The first-order valence-electron chi connectivity index (χ1n) is 10.4. The molecule has 1 saturated heterocycles. The number of pyridine rings is 1. The van der Waals surface area contributed by atoms with Crippen molar-refractivity contribution in [1.82, 2.24) is 34.5 Å². The number of aryl methyl sites for hydroxylation is 1. The number of rotatable bonds is 4. The number of aromatic nitrogens is 7. The quantitative estimate of drug-likeness (QED) is 0.465. The normalized spacial score (nSPS) is 16.3. The Balaban J connectivity index is 1.24. The summed E-state index contributed by atoms with van der Waals surface area (Å²) in [5.41, 5.74) is 2.23. The number of nitrogens with one attached hydrogen (secondary N) is 1. The van der Waals surface area contributed by atoms with E-state index in [1.807, 2.05) is 18.9 Å². The first kappa shape index (κ1) is 20.7. The first-order chi connectivity index (χ1) is 16.0. The van der Waals surface area contributed by atoms with Gasteiger partial charge in [-0.05, 0) is 13.0 Å². The molecule has 5 heterocycles. The van der Waals surface area contributed by atoms with Crippen LogP contribution in [0.25, 0.3) is 11.2 Å². The highest BCUT2D eigenvalue weighted by molar-refractivity contribution is 6.05. The highest BCUT2D eigenvalue weighted by Crippen LogP contribution is 2.21. The lowest BCUT2D eigenvalue weighted by atomic mass is 10.2. The Morgan fingerprint density at radius 2 is 1.88 bits per heavy atom. The second-order valence-electron chi connectivity index (χ2n) is 7.84. The molecule has 4 aromatic heterocycles. The second kappa shape index (κ2) is 8.37. The first-order valence-corrected chi connectivity index (χ1v) is 10.4. The summed E-state index contributed by atoms with van der Waals surface area (Å²) in [6, 6.07) is 3.10. The molecule has 0 bridgehead atoms. The third kappa shape index (κ3) is 4.14. The molecule has 1 atom stereocenters. The fourth-order valence-electron chi connectivity index (χ4n) is 3.84. The molecule has 168 valence electrons. The third-order valence-corrected chi connectivity index (χ3v) is 5.54. The minimum atomic E-state index is -0.549. The maximum Gasteiger partial charge on any atom is 0.257 e. The van der Waals surface area contributed by atoms with Crippen LogP contribution in [-0.2, 0) is 7.05 Å². The van der Waals surface area contributed by atoms with Crippen molar-refractivity contribution < 1.29 is 9.18 Å². The summed E-state index contributed by atoms with van der Waals surface area (Å²) in [7, 11) is 1.84. The van der Waals surface area contributed by atoms with E-state index in [9.17, 15) is 9.18 Å². The Morgan fingerprint density at radius 1 is 1.06 bits per heavy atom. The van der Waals surface area contributed by atoms with Crippen LogP contribution < -0.4 is 15.1 Å². The second-order valence-corrected chi connectivity index (χ2v) is 7.84. The van der Waals surface area contributed by atoms with E-state index in [0.29, 0.717) is 53.8 Å². The van der Waals surface area contributed by atoms with Gasteiger partial charge in [-0.25, -0.2) is 29.9 Å². The zero-order valence-corrected chi connectivity index (χ0v) is 18.1. The van der Waals surface area contributed by atoms with Crippen molar-refractivity contribution >= 4 is 34.5 Å². The molecule has 1 aliphatic heterocycles. The van der Waals surface area contributed by atoms with Crippen LogP contribution in [0, 0.1) is 5.95 Å². The fraction of sp³-hybridized carbons (Fsp3) is 0.286. The molecule has 12 heteroatoms. The number of carbonyl (C=O) groups excluding carboxylic acids is 1. The van der Waals surface area contributed by atoms with E-state index in [1.165, 1.54) is 18.6 Å². The predicted octanol–water partition coefficient (Wildman–Crippen LogP) is 1.65. The molecule has 1 fully saturated rings. The van der Waals surface area contributed by atoms with Gasteiger partial charge in [-0.15, -0.1) is 0 Å². The van der Waals surface area contributed by atoms with Crippen LogP contribution in [0.3, 0.4) is 0 Å². The monoisotopic (exact) mass is 448 g/mol. The van der Waals surface area contributed by atoms with Crippen molar-refractivity contribution in [3.8, 4) is 0 Å². The van der Waals surface area contributed by atoms with Crippen LogP contribution in [0.2, 0.25) is 0 Å². The number of hydrogen-bond acceptors (Lipinski definition) is 9. The molecule has 11 nitrogen and oxygen atoms in total. The topological polar surface area (TPSA) is 118 Å². The van der Waals surface area contributed by atoms with E-state index in [2.05, 4.69) is 40.1 Å². The number of fused-ring (bicyclic) bond motifs is 1. The minimum absolute atomic E-state index is 0.0772. The van der Waals surface area contributed by atoms with E-state index in [1.54, 1.807) is 29.4 Å². The van der Waals surface area contributed by atoms with E-state index in [-0.39, 0.29) is 11.9 Å². The molecular formula is C21H21FN10O. The Hall–Kier alpha value is -4.22. The molecule has 1 amide bonds. The molecule has 33 heavy (non-hydrogen) atoms. The van der Waals surface area contributed by atoms with Crippen LogP contribution in [0.15, 0.2) is 43.4 Å². The summed E-state index contributed by atoms with van der Waals surface area (Å²) in [4.78, 5) is 41.7. The Kier molecular flexibility index (Phi) is 5.24. The third-order valence-electron chi connectivity index (χ3n) is 5.54. The molecule has 1 aliphatic rings. The van der Waals surface area contributed by atoms with Gasteiger partial charge in [-0.1, -0.05) is 0 Å². The highest BCUT2D eigenvalue weighted by atomic mass is 19.1. The summed E-state index contributed by atoms with van der Waals surface area (Å²) in [5, 5.41) is 2.79. The summed E-state index contributed by atoms with van der Waals surface area (Å²) in [6.45, 7) is 3.98. The summed E-state index contributed by atoms with van der Waals surface area (Å²) in [5.74, 6) is 0.259. The van der Waals surface area contributed by atoms with Crippen LogP contribution in [0.1, 0.15) is 17.3 Å². The molecule has 1 N–H and O–H groups in total. The molecule has 5 rings (SSSR count). The van der Waals surface area contributed by atoms with Gasteiger partial charge in [0, 0.05) is 45.0 Å². The fourth-order valence-corrected chi connectivity index (χ4v) is 3.84. The lowest BCUT2D eigenvalue weighted by Gasteiger charge is -2.40. The van der Waals surface area contributed by atoms with Crippen molar-refractivity contribution in [2.45, 2.75) is 13.0 Å². The lowest BCUT2D eigenvalue weighted by Crippen LogP contribution is -2.53. The molecule has 4 aromatic rings. The van der Waals surface area contributed by atoms with Crippen LogP contribution in [-0.4, -0.2) is 66.1 Å². The average Bonchev–Trinajstić information content (AvgIpc) is 3.20. The van der Waals surface area contributed by atoms with Crippen molar-refractivity contribution in [2.75, 3.05) is 34.8 Å². The highest BCUT2D eigenvalue weighted by Gasteiger charge is 2.26. The number of anilines is 3. The average molecular weight is 448 g/mol. The molecular weight excluding hydrogens is 427 g/mol. The number of nitrogens with zero attached hydrogens (tertiary/aromatic N) is 9. The van der Waals surface area contributed by atoms with Gasteiger partial charge in [0.15, 0.2) is 5.65 Å². The van der Waals surface area contributed by atoms with Gasteiger partial charge >= 0.3 is 0 Å². The van der Waals surface area contributed by atoms with Crippen LogP contribution in [0.5, 0.6) is 0 Å². The maximum absolute atomic E-state index is 13.4. The predicted molar refractivity (Wildman–Crippen MR) is 120 cm³/mol. The van der Waals surface area contributed by atoms with E-state index in [0.717, 1.165) is 0 Å². The lowest BCUT2D eigenvalue weighted by molar-refractivity contribution is 0.102. The zero-order chi connectivity index (χ0) is 22.9. The van der Waals surface area contributed by atoms with Crippen molar-refractivity contribution in [3.05, 3.63) is 54.9 Å². The summed E-state index contributed by atoms with van der Waals surface area (Å²) >= 11 is 0. The van der Waals surface area contributed by atoms with E-state index in [4.69, 9.17) is 0 Å². The van der Waals surface area contributed by atoms with Gasteiger partial charge in [0.1, 0.15) is 17.7 Å². The Bertz CT molecular complexity index is 1310. The van der Waals surface area contributed by atoms with Crippen LogP contribution >= 0.6 is 0 Å². The summed E-state index contributed by atoms with van der Waals surface area (Å²) < 4.78 is 15.2. The molecule has 0 aliphatic carbocycles. The van der Waals surface area contributed by atoms with Gasteiger partial charge < -0.3 is 19.7 Å². The standard InChI is InChI=1S/C21H21FN10O/c1-13-10-31(18-6-17(22)26-11-27-18)3-4-32(13)21-24-8-15(9-25-21)29-20(33)14-5-16-19(23-7-14)30(2)12-28-16/h5-9,11-13H,3-4,10H2,1-2H3,(H,29,33)/t13-/m0/s1. The number of carbonyl (C=O) groups is 1. The van der Waals surface area contributed by atoms with Gasteiger partial charge in [0.2, 0.25) is 11.9 Å². The van der Waals surface area contributed by atoms with Gasteiger partial charge in [0.05, 0.1) is 30.0 Å². The van der Waals surface area contributed by atoms with Gasteiger partial charge in [0.25, 0.3) is 5.91 Å².